The molecule has 5 rings (SSSR count). The monoisotopic (exact) mass is 390 g/mol. The van der Waals surface area contributed by atoms with Crippen LogP contribution in [0.25, 0.3) is 38.9 Å². The Morgan fingerprint density at radius 2 is 1.11 bits per heavy atom. The van der Waals surface area contributed by atoms with E-state index < -0.39 is 0 Å². The van der Waals surface area contributed by atoms with Gasteiger partial charge in [-0.3, -0.25) is 0 Å². The predicted molar refractivity (Wildman–Crippen MR) is 110 cm³/mol. The van der Waals surface area contributed by atoms with Crippen molar-refractivity contribution < 1.29 is 0 Å². The molecule has 0 saturated heterocycles. The van der Waals surface area contributed by atoms with E-state index in [9.17, 15) is 0 Å². The molecule has 0 atom stereocenters. The molecule has 4 nitrogen and oxygen atoms in total. The molecule has 0 aliphatic rings. The first-order valence-electron chi connectivity index (χ1n) is 8.37. The van der Waals surface area contributed by atoms with Crippen LogP contribution >= 0.6 is 23.2 Å². The van der Waals surface area contributed by atoms with Gasteiger partial charge >= 0.3 is 0 Å². The molecule has 0 radical (unpaired) electrons. The van der Waals surface area contributed by atoms with Gasteiger partial charge in [0.05, 0.1) is 16.7 Å². The fourth-order valence-electron chi connectivity index (χ4n) is 3.49. The lowest BCUT2D eigenvalue weighted by Crippen LogP contribution is -2.00. The largest absolute Gasteiger partial charge is 0.309 e. The summed E-state index contributed by atoms with van der Waals surface area (Å²) >= 11 is 12.0. The zero-order chi connectivity index (χ0) is 18.4. The van der Waals surface area contributed by atoms with Crippen LogP contribution in [0.2, 0.25) is 10.6 Å². The molecule has 0 amide bonds. The third-order valence-electron chi connectivity index (χ3n) is 4.55. The minimum Gasteiger partial charge on any atom is -0.309 e. The van der Waals surface area contributed by atoms with E-state index in [0.29, 0.717) is 5.82 Å². The maximum Gasteiger partial charge on any atom is 0.227 e. The Morgan fingerprint density at radius 1 is 0.593 bits per heavy atom. The highest BCUT2D eigenvalue weighted by Crippen LogP contribution is 2.35. The van der Waals surface area contributed by atoms with Gasteiger partial charge in [-0.25, -0.2) is 0 Å². The topological polar surface area (TPSA) is 43.6 Å². The molecule has 0 aliphatic heterocycles. The Hall–Kier alpha value is -2.95. The van der Waals surface area contributed by atoms with Gasteiger partial charge in [0.1, 0.15) is 0 Å². The summed E-state index contributed by atoms with van der Waals surface area (Å²) in [5.74, 6) is 0.442. The number of benzene rings is 3. The maximum atomic E-state index is 6.01. The number of rotatable bonds is 2. The molecule has 2 heterocycles. The van der Waals surface area contributed by atoms with Gasteiger partial charge < -0.3 is 4.57 Å². The van der Waals surface area contributed by atoms with Crippen LogP contribution in [0.5, 0.6) is 0 Å². The van der Waals surface area contributed by atoms with Crippen molar-refractivity contribution in [1.29, 1.82) is 0 Å². The Morgan fingerprint density at radius 3 is 1.74 bits per heavy atom. The second-order valence-electron chi connectivity index (χ2n) is 6.08. The van der Waals surface area contributed by atoms with Crippen molar-refractivity contribution in [2.75, 3.05) is 0 Å². The van der Waals surface area contributed by atoms with E-state index in [4.69, 9.17) is 23.2 Å². The van der Waals surface area contributed by atoms with E-state index in [1.54, 1.807) is 0 Å². The molecule has 0 saturated carbocycles. The van der Waals surface area contributed by atoms with E-state index in [-0.39, 0.29) is 10.6 Å². The van der Waals surface area contributed by atoms with Crippen LogP contribution < -0.4 is 0 Å². The van der Waals surface area contributed by atoms with Crippen molar-refractivity contribution >= 4 is 45.0 Å². The highest BCUT2D eigenvalue weighted by Gasteiger charge is 2.16. The fourth-order valence-corrected chi connectivity index (χ4v) is 3.85. The molecule has 0 fully saturated rings. The Kier molecular flexibility index (Phi) is 3.81. The Bertz CT molecular complexity index is 1240. The number of hydrogen-bond donors (Lipinski definition) is 0. The van der Waals surface area contributed by atoms with Gasteiger partial charge in [0.15, 0.2) is 5.82 Å². The van der Waals surface area contributed by atoms with Crippen molar-refractivity contribution in [1.82, 2.24) is 19.5 Å². The number of aromatic nitrogens is 4. The van der Waals surface area contributed by atoms with Crippen LogP contribution in [0.15, 0.2) is 72.8 Å². The Labute approximate surface area is 165 Å². The number of nitrogens with zero attached hydrogens (tertiary/aromatic N) is 4. The molecular formula is C21H12Cl2N4. The summed E-state index contributed by atoms with van der Waals surface area (Å²) < 4.78 is 2.21. The molecular weight excluding hydrogens is 379 g/mol. The van der Waals surface area contributed by atoms with E-state index in [0.717, 1.165) is 22.3 Å². The number of para-hydroxylation sites is 3. The van der Waals surface area contributed by atoms with Gasteiger partial charge in [-0.05, 0) is 47.5 Å². The zero-order valence-corrected chi connectivity index (χ0v) is 15.5. The van der Waals surface area contributed by atoms with Crippen LogP contribution in [-0.4, -0.2) is 19.5 Å². The Balaban J connectivity index is 1.89. The second-order valence-corrected chi connectivity index (χ2v) is 6.76. The lowest BCUT2D eigenvalue weighted by Gasteiger charge is -2.12. The molecule has 0 aliphatic carbocycles. The zero-order valence-electron chi connectivity index (χ0n) is 14.0. The maximum absolute atomic E-state index is 6.01. The molecule has 6 heteroatoms. The van der Waals surface area contributed by atoms with Gasteiger partial charge in [0.2, 0.25) is 10.6 Å². The van der Waals surface area contributed by atoms with Crippen LogP contribution in [0.3, 0.4) is 0 Å². The first-order valence-corrected chi connectivity index (χ1v) is 9.13. The lowest BCUT2D eigenvalue weighted by molar-refractivity contribution is 1.05. The van der Waals surface area contributed by atoms with Crippen molar-refractivity contribution in [3.8, 4) is 17.1 Å². The van der Waals surface area contributed by atoms with Crippen molar-refractivity contribution in [3.05, 3.63) is 83.4 Å². The van der Waals surface area contributed by atoms with Gasteiger partial charge in [-0.1, -0.05) is 48.5 Å². The predicted octanol–water partition coefficient (Wildman–Crippen LogP) is 5.94. The number of fused-ring (bicyclic) bond motifs is 3. The second kappa shape index (κ2) is 6.34. The minimum atomic E-state index is 0.0713. The van der Waals surface area contributed by atoms with Crippen LogP contribution in [0.1, 0.15) is 0 Å². The molecule has 0 N–H and O–H groups in total. The third-order valence-corrected chi connectivity index (χ3v) is 4.88. The normalized spacial score (nSPS) is 11.3. The van der Waals surface area contributed by atoms with E-state index in [1.807, 2.05) is 36.4 Å². The summed E-state index contributed by atoms with van der Waals surface area (Å²) in [7, 11) is 0. The fraction of sp³-hybridized carbons (Fsp3) is 0. The van der Waals surface area contributed by atoms with Crippen molar-refractivity contribution in [2.24, 2.45) is 0 Å². The first kappa shape index (κ1) is 16.2. The average Bonchev–Trinajstić information content (AvgIpc) is 3.02. The summed E-state index contributed by atoms with van der Waals surface area (Å²) in [6.45, 7) is 0. The summed E-state index contributed by atoms with van der Waals surface area (Å²) in [6, 6.07) is 24.6. The minimum absolute atomic E-state index is 0.0713. The molecule has 0 unspecified atom stereocenters. The van der Waals surface area contributed by atoms with E-state index in [2.05, 4.69) is 55.9 Å². The SMILES string of the molecule is Clc1nc(Cl)nc(-c2ccccc2-n2c3ccccc3c3ccccc32)n1. The summed E-state index contributed by atoms with van der Waals surface area (Å²) in [6.07, 6.45) is 0. The molecule has 27 heavy (non-hydrogen) atoms. The van der Waals surface area contributed by atoms with E-state index in [1.165, 1.54) is 10.8 Å². The molecule has 3 aromatic carbocycles. The van der Waals surface area contributed by atoms with E-state index >= 15 is 0 Å². The first-order chi connectivity index (χ1) is 13.2. The number of hydrogen-bond acceptors (Lipinski definition) is 3. The molecule has 0 bridgehead atoms. The smallest absolute Gasteiger partial charge is 0.227 e. The van der Waals surface area contributed by atoms with Crippen LogP contribution in [0, 0.1) is 0 Å². The van der Waals surface area contributed by atoms with Crippen LogP contribution in [0.4, 0.5) is 0 Å². The van der Waals surface area contributed by atoms with Gasteiger partial charge in [-0.15, -0.1) is 0 Å². The summed E-state index contributed by atoms with van der Waals surface area (Å²) in [5, 5.41) is 2.52. The molecule has 5 aromatic rings. The van der Waals surface area contributed by atoms with Crippen molar-refractivity contribution in [3.63, 3.8) is 0 Å². The van der Waals surface area contributed by atoms with Crippen molar-refractivity contribution in [2.45, 2.75) is 0 Å². The standard InChI is InChI=1S/C21H12Cl2N4/c22-20-24-19(25-21(23)26-20)15-9-3-6-12-18(15)27-16-10-4-1-7-13(16)14-8-2-5-11-17(14)27/h1-12H. The highest BCUT2D eigenvalue weighted by molar-refractivity contribution is 6.31. The van der Waals surface area contributed by atoms with Gasteiger partial charge in [0, 0.05) is 16.3 Å². The molecule has 2 aromatic heterocycles. The van der Waals surface area contributed by atoms with Crippen LogP contribution in [-0.2, 0) is 0 Å². The van der Waals surface area contributed by atoms with Gasteiger partial charge in [0.25, 0.3) is 0 Å². The average molecular weight is 391 g/mol. The quantitative estimate of drug-likeness (QED) is 0.374. The summed E-state index contributed by atoms with van der Waals surface area (Å²) in [5.41, 5.74) is 4.00. The highest BCUT2D eigenvalue weighted by atomic mass is 35.5. The lowest BCUT2D eigenvalue weighted by atomic mass is 10.1. The molecule has 0 spiro atoms. The molecule has 130 valence electrons. The summed E-state index contributed by atoms with van der Waals surface area (Å²) in [4.78, 5) is 12.4. The third kappa shape index (κ3) is 2.65. The number of halogens is 2. The van der Waals surface area contributed by atoms with Gasteiger partial charge in [-0.2, -0.15) is 15.0 Å².